The quantitative estimate of drug-likeness (QED) is 0.792. The third kappa shape index (κ3) is 3.32. The van der Waals surface area contributed by atoms with E-state index in [1.807, 2.05) is 17.5 Å². The predicted molar refractivity (Wildman–Crippen MR) is 88.0 cm³/mol. The molecule has 22 heavy (non-hydrogen) atoms. The van der Waals surface area contributed by atoms with Gasteiger partial charge in [-0.05, 0) is 24.3 Å². The van der Waals surface area contributed by atoms with Gasteiger partial charge in [0.15, 0.2) is 0 Å². The molecule has 0 bridgehead atoms. The fraction of sp³-hybridized carbons (Fsp3) is 0.0625. The number of carbonyl (C=O) groups excluding carboxylic acids is 1. The topological polar surface area (TPSA) is 54.9 Å². The van der Waals surface area contributed by atoms with Crippen molar-refractivity contribution in [2.24, 2.45) is 0 Å². The first kappa shape index (κ1) is 14.7. The molecule has 3 rings (SSSR count). The average Bonchev–Trinajstić information content (AvgIpc) is 3.03. The first-order chi connectivity index (χ1) is 10.7. The third-order valence-electron chi connectivity index (χ3n) is 3.05. The maximum atomic E-state index is 12.1. The Labute approximate surface area is 136 Å². The van der Waals surface area contributed by atoms with Gasteiger partial charge in [-0.1, -0.05) is 23.7 Å². The van der Waals surface area contributed by atoms with Gasteiger partial charge < -0.3 is 5.32 Å². The van der Waals surface area contributed by atoms with Crippen LogP contribution in [-0.2, 0) is 6.54 Å². The second-order valence-corrected chi connectivity index (χ2v) is 5.87. The van der Waals surface area contributed by atoms with Crippen LogP contribution in [0.3, 0.4) is 0 Å². The average molecular weight is 330 g/mol. The lowest BCUT2D eigenvalue weighted by Crippen LogP contribution is -2.22. The van der Waals surface area contributed by atoms with E-state index in [2.05, 4.69) is 15.3 Å². The Morgan fingerprint density at radius 1 is 1.18 bits per heavy atom. The maximum Gasteiger partial charge on any atom is 0.253 e. The van der Waals surface area contributed by atoms with Crippen molar-refractivity contribution < 1.29 is 4.79 Å². The van der Waals surface area contributed by atoms with Crippen molar-refractivity contribution in [3.05, 3.63) is 69.8 Å². The molecule has 0 atom stereocenters. The van der Waals surface area contributed by atoms with E-state index in [0.29, 0.717) is 17.1 Å². The van der Waals surface area contributed by atoms with Crippen LogP contribution < -0.4 is 5.32 Å². The third-order valence-corrected chi connectivity index (χ3v) is 4.22. The molecule has 0 radical (unpaired) electrons. The number of pyridine rings is 1. The summed E-state index contributed by atoms with van der Waals surface area (Å²) in [6.45, 7) is 0.375. The Morgan fingerprint density at radius 3 is 2.73 bits per heavy atom. The van der Waals surface area contributed by atoms with Crippen molar-refractivity contribution in [1.29, 1.82) is 0 Å². The molecular formula is C16H12ClN3OS. The highest BCUT2D eigenvalue weighted by Crippen LogP contribution is 2.21. The number of nitrogens with one attached hydrogen (secondary N) is 1. The molecule has 3 aromatic rings. The number of hydrogen-bond donors (Lipinski definition) is 1. The van der Waals surface area contributed by atoms with Crippen molar-refractivity contribution in [3.8, 4) is 11.3 Å². The number of carbonyl (C=O) groups is 1. The van der Waals surface area contributed by atoms with Gasteiger partial charge in [-0.15, -0.1) is 11.3 Å². The molecule has 2 heterocycles. The Balaban J connectivity index is 1.67. The number of rotatable bonds is 4. The molecule has 1 aromatic carbocycles. The summed E-state index contributed by atoms with van der Waals surface area (Å²) in [7, 11) is 0. The van der Waals surface area contributed by atoms with E-state index in [-0.39, 0.29) is 5.91 Å². The fourth-order valence-corrected chi connectivity index (χ4v) is 2.91. The van der Waals surface area contributed by atoms with Gasteiger partial charge in [0.05, 0.1) is 22.8 Å². The Morgan fingerprint density at radius 2 is 1.95 bits per heavy atom. The number of benzene rings is 1. The molecule has 110 valence electrons. The van der Waals surface area contributed by atoms with Gasteiger partial charge in [-0.25, -0.2) is 4.98 Å². The zero-order chi connectivity index (χ0) is 15.4. The molecule has 0 fully saturated rings. The van der Waals surface area contributed by atoms with Crippen LogP contribution >= 0.6 is 22.9 Å². The molecule has 0 aliphatic carbocycles. The Bertz CT molecular complexity index is 789. The minimum atomic E-state index is -0.203. The predicted octanol–water partition coefficient (Wildman–Crippen LogP) is 3.79. The molecule has 0 unspecified atom stereocenters. The molecule has 1 N–H and O–H groups in total. The maximum absolute atomic E-state index is 12.1. The van der Waals surface area contributed by atoms with Crippen LogP contribution in [-0.4, -0.2) is 15.9 Å². The lowest BCUT2D eigenvalue weighted by atomic mass is 10.2. The van der Waals surface area contributed by atoms with Crippen molar-refractivity contribution in [3.63, 3.8) is 0 Å². The minimum Gasteiger partial charge on any atom is -0.345 e. The summed E-state index contributed by atoms with van der Waals surface area (Å²) in [6.07, 6.45) is 3.46. The summed E-state index contributed by atoms with van der Waals surface area (Å²) in [4.78, 5) is 20.6. The van der Waals surface area contributed by atoms with Gasteiger partial charge >= 0.3 is 0 Å². The zero-order valence-corrected chi connectivity index (χ0v) is 13.1. The van der Waals surface area contributed by atoms with Gasteiger partial charge in [0.2, 0.25) is 0 Å². The fourth-order valence-electron chi connectivity index (χ4n) is 1.94. The normalized spacial score (nSPS) is 10.4. The van der Waals surface area contributed by atoms with Gasteiger partial charge in [0.1, 0.15) is 5.01 Å². The molecule has 0 spiro atoms. The van der Waals surface area contributed by atoms with Gasteiger partial charge in [0.25, 0.3) is 5.91 Å². The Hall–Kier alpha value is -2.24. The summed E-state index contributed by atoms with van der Waals surface area (Å²) in [5.74, 6) is -0.203. The van der Waals surface area contributed by atoms with Crippen molar-refractivity contribution in [2.75, 3.05) is 0 Å². The Kier molecular flexibility index (Phi) is 4.46. The molecule has 1 amide bonds. The van der Waals surface area contributed by atoms with Crippen LogP contribution in [0.25, 0.3) is 11.3 Å². The number of thiazole rings is 1. The summed E-state index contributed by atoms with van der Waals surface area (Å²) in [5, 5.41) is 6.08. The van der Waals surface area contributed by atoms with Crippen molar-refractivity contribution >= 4 is 28.8 Å². The summed E-state index contributed by atoms with van der Waals surface area (Å²) in [6, 6.07) is 10.8. The second kappa shape index (κ2) is 6.68. The van der Waals surface area contributed by atoms with E-state index in [1.165, 1.54) is 11.3 Å². The van der Waals surface area contributed by atoms with E-state index in [0.717, 1.165) is 16.3 Å². The number of nitrogens with zero attached hydrogens (tertiary/aromatic N) is 2. The van der Waals surface area contributed by atoms with Gasteiger partial charge in [-0.2, -0.15) is 0 Å². The zero-order valence-electron chi connectivity index (χ0n) is 11.5. The summed E-state index contributed by atoms with van der Waals surface area (Å²) >= 11 is 7.51. The molecule has 0 aliphatic heterocycles. The molecule has 4 nitrogen and oxygen atoms in total. The summed E-state index contributed by atoms with van der Waals surface area (Å²) < 4.78 is 0. The highest BCUT2D eigenvalue weighted by molar-refractivity contribution is 7.09. The molecule has 0 saturated heterocycles. The molecule has 0 saturated carbocycles. The monoisotopic (exact) mass is 329 g/mol. The number of halogens is 1. The van der Waals surface area contributed by atoms with Crippen molar-refractivity contribution in [2.45, 2.75) is 6.54 Å². The van der Waals surface area contributed by atoms with Crippen LogP contribution in [0.15, 0.2) is 54.2 Å². The lowest BCUT2D eigenvalue weighted by molar-refractivity contribution is 0.0951. The number of hydrogen-bond acceptors (Lipinski definition) is 4. The second-order valence-electron chi connectivity index (χ2n) is 4.52. The molecule has 6 heteroatoms. The highest BCUT2D eigenvalue weighted by Gasteiger charge is 2.10. The van der Waals surface area contributed by atoms with Crippen LogP contribution in [0, 0.1) is 0 Å². The van der Waals surface area contributed by atoms with Crippen LogP contribution in [0.5, 0.6) is 0 Å². The SMILES string of the molecule is O=C(NCc1nc(-c2ccncc2)cs1)c1ccccc1Cl. The molecule has 0 aliphatic rings. The van der Waals surface area contributed by atoms with Crippen LogP contribution in [0.4, 0.5) is 0 Å². The smallest absolute Gasteiger partial charge is 0.253 e. The highest BCUT2D eigenvalue weighted by atomic mass is 35.5. The van der Waals surface area contributed by atoms with Crippen molar-refractivity contribution in [1.82, 2.24) is 15.3 Å². The van der Waals surface area contributed by atoms with Crippen LogP contribution in [0.1, 0.15) is 15.4 Å². The first-order valence-electron chi connectivity index (χ1n) is 6.61. The van der Waals surface area contributed by atoms with E-state index in [4.69, 9.17) is 11.6 Å². The minimum absolute atomic E-state index is 0.203. The molecule has 2 aromatic heterocycles. The lowest BCUT2D eigenvalue weighted by Gasteiger charge is -2.04. The summed E-state index contributed by atoms with van der Waals surface area (Å²) in [5.41, 5.74) is 2.36. The standard InChI is InChI=1S/C16H12ClN3OS/c17-13-4-2-1-3-12(13)16(21)19-9-15-20-14(10-22-15)11-5-7-18-8-6-11/h1-8,10H,9H2,(H,19,21). The van der Waals surface area contributed by atoms with E-state index in [1.54, 1.807) is 36.7 Å². The molecular weight excluding hydrogens is 318 g/mol. The van der Waals surface area contributed by atoms with E-state index >= 15 is 0 Å². The van der Waals surface area contributed by atoms with E-state index in [9.17, 15) is 4.79 Å². The number of aromatic nitrogens is 2. The van der Waals surface area contributed by atoms with Gasteiger partial charge in [-0.3, -0.25) is 9.78 Å². The van der Waals surface area contributed by atoms with Crippen LogP contribution in [0.2, 0.25) is 5.02 Å². The van der Waals surface area contributed by atoms with E-state index < -0.39 is 0 Å². The largest absolute Gasteiger partial charge is 0.345 e. The van der Waals surface area contributed by atoms with Gasteiger partial charge in [0, 0.05) is 23.3 Å². The first-order valence-corrected chi connectivity index (χ1v) is 7.87. The number of amides is 1.